The van der Waals surface area contributed by atoms with Gasteiger partial charge in [0.05, 0.1) is 9.79 Å². The fourth-order valence-electron chi connectivity index (χ4n) is 4.19. The molecule has 0 radical (unpaired) electrons. The molecule has 3 aromatic rings. The Labute approximate surface area is 193 Å². The number of nitrogens with zero attached hydrogens (tertiary/aromatic N) is 1. The van der Waals surface area contributed by atoms with Crippen LogP contribution >= 0.6 is 11.8 Å². The summed E-state index contributed by atoms with van der Waals surface area (Å²) in [6.07, 6.45) is 1.83. The van der Waals surface area contributed by atoms with Crippen LogP contribution in [0.15, 0.2) is 81.4 Å². The molecule has 7 heteroatoms. The van der Waals surface area contributed by atoms with E-state index < -0.39 is 9.84 Å². The average Bonchev–Trinajstić information content (AvgIpc) is 2.94. The molecule has 1 N–H and O–H groups in total. The standard InChI is InChI=1S/C25H25NO4S2/c1-17(27)26-13-12-18-14-24(31-19-8-4-3-5-9-19)23(28)15-21(18)22(16-26)20-10-6-7-11-25(20)32(2,29)30/h3-11,14-15,22,28H,12-13,16H2,1-2H3. The van der Waals surface area contributed by atoms with Gasteiger partial charge in [0.25, 0.3) is 0 Å². The smallest absolute Gasteiger partial charge is 0.219 e. The van der Waals surface area contributed by atoms with Crippen molar-refractivity contribution in [2.24, 2.45) is 0 Å². The number of fused-ring (bicyclic) bond motifs is 1. The van der Waals surface area contributed by atoms with E-state index in [-0.39, 0.29) is 22.5 Å². The first-order valence-electron chi connectivity index (χ1n) is 10.4. The van der Waals surface area contributed by atoms with Crippen LogP contribution in [0.25, 0.3) is 0 Å². The number of carbonyl (C=O) groups excluding carboxylic acids is 1. The Bertz CT molecular complexity index is 1260. The van der Waals surface area contributed by atoms with Gasteiger partial charge >= 0.3 is 0 Å². The van der Waals surface area contributed by atoms with Crippen molar-refractivity contribution < 1.29 is 18.3 Å². The van der Waals surface area contributed by atoms with E-state index in [2.05, 4.69) is 0 Å². The van der Waals surface area contributed by atoms with Crippen molar-refractivity contribution in [2.45, 2.75) is 33.9 Å². The van der Waals surface area contributed by atoms with Crippen LogP contribution in [0.3, 0.4) is 0 Å². The highest BCUT2D eigenvalue weighted by Crippen LogP contribution is 2.42. The Morgan fingerprint density at radius 2 is 1.72 bits per heavy atom. The molecule has 32 heavy (non-hydrogen) atoms. The van der Waals surface area contributed by atoms with Crippen LogP contribution in [0.1, 0.15) is 29.5 Å². The number of hydrogen-bond donors (Lipinski definition) is 1. The van der Waals surface area contributed by atoms with Crippen LogP contribution in [0.4, 0.5) is 0 Å². The lowest BCUT2D eigenvalue weighted by molar-refractivity contribution is -0.128. The topological polar surface area (TPSA) is 74.7 Å². The van der Waals surface area contributed by atoms with Gasteiger partial charge in [-0.05, 0) is 53.4 Å². The molecular weight excluding hydrogens is 442 g/mol. The van der Waals surface area contributed by atoms with Gasteiger partial charge in [-0.1, -0.05) is 48.2 Å². The van der Waals surface area contributed by atoms with Crippen molar-refractivity contribution in [1.29, 1.82) is 0 Å². The molecule has 0 bridgehead atoms. The number of hydrogen-bond acceptors (Lipinski definition) is 5. The highest BCUT2D eigenvalue weighted by Gasteiger charge is 2.30. The maximum Gasteiger partial charge on any atom is 0.219 e. The summed E-state index contributed by atoms with van der Waals surface area (Å²) >= 11 is 1.48. The third-order valence-corrected chi connectivity index (χ3v) is 7.99. The molecule has 166 valence electrons. The zero-order valence-corrected chi connectivity index (χ0v) is 19.6. The van der Waals surface area contributed by atoms with Gasteiger partial charge in [-0.2, -0.15) is 0 Å². The van der Waals surface area contributed by atoms with E-state index in [4.69, 9.17) is 0 Å². The first-order chi connectivity index (χ1) is 15.2. The zero-order valence-electron chi connectivity index (χ0n) is 18.0. The van der Waals surface area contributed by atoms with Crippen molar-refractivity contribution in [2.75, 3.05) is 19.3 Å². The first kappa shape index (κ1) is 22.4. The van der Waals surface area contributed by atoms with E-state index in [9.17, 15) is 18.3 Å². The minimum Gasteiger partial charge on any atom is -0.507 e. The lowest BCUT2D eigenvalue weighted by Gasteiger charge is -2.26. The van der Waals surface area contributed by atoms with Crippen LogP contribution in [0.5, 0.6) is 5.75 Å². The molecule has 1 amide bonds. The predicted molar refractivity (Wildman–Crippen MR) is 126 cm³/mol. The molecule has 1 atom stereocenters. The molecule has 0 aliphatic carbocycles. The van der Waals surface area contributed by atoms with Crippen molar-refractivity contribution in [3.63, 3.8) is 0 Å². The molecule has 4 rings (SSSR count). The van der Waals surface area contributed by atoms with Gasteiger partial charge < -0.3 is 10.0 Å². The Morgan fingerprint density at radius 3 is 2.41 bits per heavy atom. The fourth-order valence-corrected chi connectivity index (χ4v) is 6.06. The molecule has 3 aromatic carbocycles. The molecule has 1 unspecified atom stereocenters. The van der Waals surface area contributed by atoms with Gasteiger partial charge in [0.2, 0.25) is 5.91 Å². The van der Waals surface area contributed by atoms with Crippen molar-refractivity contribution in [3.8, 4) is 5.75 Å². The van der Waals surface area contributed by atoms with Crippen LogP contribution in [-0.4, -0.2) is 43.7 Å². The maximum atomic E-state index is 12.5. The first-order valence-corrected chi connectivity index (χ1v) is 13.1. The number of amides is 1. The highest BCUT2D eigenvalue weighted by atomic mass is 32.2. The Kier molecular flexibility index (Phi) is 6.31. The van der Waals surface area contributed by atoms with Gasteiger partial charge in [-0.15, -0.1) is 0 Å². The van der Waals surface area contributed by atoms with E-state index in [1.54, 1.807) is 29.2 Å². The van der Waals surface area contributed by atoms with Gasteiger partial charge in [0.15, 0.2) is 9.84 Å². The van der Waals surface area contributed by atoms with Crippen molar-refractivity contribution in [1.82, 2.24) is 4.90 Å². The normalized spacial score (nSPS) is 16.3. The highest BCUT2D eigenvalue weighted by molar-refractivity contribution is 7.99. The SMILES string of the molecule is CC(=O)N1CCc2cc(Sc3ccccc3)c(O)cc2C(c2ccccc2S(C)(=O)=O)C1. The second kappa shape index (κ2) is 9.00. The number of benzene rings is 3. The molecule has 0 fully saturated rings. The minimum atomic E-state index is -3.46. The summed E-state index contributed by atoms with van der Waals surface area (Å²) in [5.41, 5.74) is 2.52. The summed E-state index contributed by atoms with van der Waals surface area (Å²) in [5, 5.41) is 10.9. The largest absolute Gasteiger partial charge is 0.507 e. The fraction of sp³-hybridized carbons (Fsp3) is 0.240. The summed E-state index contributed by atoms with van der Waals surface area (Å²) in [6.45, 7) is 2.43. The molecule has 1 heterocycles. The Hall–Kier alpha value is -2.77. The lowest BCUT2D eigenvalue weighted by atomic mass is 9.87. The summed E-state index contributed by atoms with van der Waals surface area (Å²) in [6, 6.07) is 20.5. The van der Waals surface area contributed by atoms with E-state index in [0.717, 1.165) is 20.9 Å². The van der Waals surface area contributed by atoms with Gasteiger partial charge in [0, 0.05) is 37.1 Å². The number of carbonyl (C=O) groups is 1. The Morgan fingerprint density at radius 1 is 1.03 bits per heavy atom. The van der Waals surface area contributed by atoms with E-state index in [1.807, 2.05) is 42.5 Å². The van der Waals surface area contributed by atoms with Gasteiger partial charge in [0.1, 0.15) is 5.75 Å². The summed E-state index contributed by atoms with van der Waals surface area (Å²) in [7, 11) is -3.46. The number of rotatable bonds is 4. The van der Waals surface area contributed by atoms with E-state index in [1.165, 1.54) is 24.9 Å². The van der Waals surface area contributed by atoms with Crippen LogP contribution in [0.2, 0.25) is 0 Å². The van der Waals surface area contributed by atoms with Crippen LogP contribution in [0, 0.1) is 0 Å². The van der Waals surface area contributed by atoms with E-state index in [0.29, 0.717) is 25.1 Å². The molecule has 5 nitrogen and oxygen atoms in total. The third kappa shape index (κ3) is 4.69. The summed E-state index contributed by atoms with van der Waals surface area (Å²) < 4.78 is 25.0. The van der Waals surface area contributed by atoms with Crippen LogP contribution in [-0.2, 0) is 21.1 Å². The number of phenols is 1. The second-order valence-electron chi connectivity index (χ2n) is 8.01. The molecule has 0 saturated heterocycles. The molecule has 0 aromatic heterocycles. The van der Waals surface area contributed by atoms with Crippen LogP contribution < -0.4 is 0 Å². The van der Waals surface area contributed by atoms with Crippen molar-refractivity contribution >= 4 is 27.5 Å². The number of aromatic hydroxyl groups is 1. The molecule has 0 spiro atoms. The second-order valence-corrected chi connectivity index (χ2v) is 11.1. The quantitative estimate of drug-likeness (QED) is 0.612. The summed E-state index contributed by atoms with van der Waals surface area (Å²) in [5.74, 6) is -0.262. The molecule has 1 aliphatic heterocycles. The third-order valence-electron chi connectivity index (χ3n) is 5.76. The number of sulfone groups is 1. The van der Waals surface area contributed by atoms with Crippen molar-refractivity contribution in [3.05, 3.63) is 83.4 Å². The van der Waals surface area contributed by atoms with Gasteiger partial charge in [-0.3, -0.25) is 4.79 Å². The molecule has 1 aliphatic rings. The Balaban J connectivity index is 1.85. The monoisotopic (exact) mass is 467 g/mol. The predicted octanol–water partition coefficient (Wildman–Crippen LogP) is 4.48. The van der Waals surface area contributed by atoms with Gasteiger partial charge in [-0.25, -0.2) is 8.42 Å². The number of phenolic OH excluding ortho intramolecular Hbond substituents is 1. The minimum absolute atomic E-state index is 0.0530. The lowest BCUT2D eigenvalue weighted by Crippen LogP contribution is -2.33. The zero-order chi connectivity index (χ0) is 22.9. The molecule has 0 saturated carbocycles. The molecular formula is C25H25NO4S2. The summed E-state index contributed by atoms with van der Waals surface area (Å²) in [4.78, 5) is 16.1. The van der Waals surface area contributed by atoms with E-state index >= 15 is 0 Å². The average molecular weight is 468 g/mol. The maximum absolute atomic E-state index is 12.5.